The van der Waals surface area contributed by atoms with Crippen LogP contribution in [0.2, 0.25) is 5.02 Å². The first-order valence-corrected chi connectivity index (χ1v) is 6.14. The Hall–Kier alpha value is -1.98. The number of nitriles is 1. The molecule has 0 fully saturated rings. The molecule has 2 aromatic rings. The lowest BCUT2D eigenvalue weighted by Crippen LogP contribution is -2.04. The summed E-state index contributed by atoms with van der Waals surface area (Å²) in [5.74, 6) is 0. The highest BCUT2D eigenvalue weighted by molar-refractivity contribution is 6.30. The molecule has 18 heavy (non-hydrogen) atoms. The van der Waals surface area contributed by atoms with Crippen LogP contribution < -0.4 is 5.32 Å². The zero-order valence-electron chi connectivity index (χ0n) is 9.86. The molecule has 2 rings (SSSR count). The molecule has 3 heteroatoms. The summed E-state index contributed by atoms with van der Waals surface area (Å²) in [6, 6.07) is 17.4. The molecule has 1 N–H and O–H groups in total. The van der Waals surface area contributed by atoms with E-state index in [1.807, 2.05) is 48.5 Å². The lowest BCUT2D eigenvalue weighted by Gasteiger charge is -2.06. The Morgan fingerprint density at radius 2 is 1.67 bits per heavy atom. The van der Waals surface area contributed by atoms with Crippen LogP contribution in [-0.4, -0.2) is 6.54 Å². The van der Waals surface area contributed by atoms with Gasteiger partial charge in [0.05, 0.1) is 11.6 Å². The average Bonchev–Trinajstić information content (AvgIpc) is 2.42. The van der Waals surface area contributed by atoms with Crippen LogP contribution >= 0.6 is 11.6 Å². The van der Waals surface area contributed by atoms with Crippen molar-refractivity contribution >= 4 is 17.3 Å². The summed E-state index contributed by atoms with van der Waals surface area (Å²) in [6.07, 6.45) is 0.942. The molecule has 2 nitrogen and oxygen atoms in total. The summed E-state index contributed by atoms with van der Waals surface area (Å²) < 4.78 is 0. The summed E-state index contributed by atoms with van der Waals surface area (Å²) in [5.41, 5.74) is 2.96. The number of rotatable bonds is 4. The number of hydrogen-bond donors (Lipinski definition) is 1. The minimum absolute atomic E-state index is 0.679. The minimum atomic E-state index is 0.679. The van der Waals surface area contributed by atoms with Crippen LogP contribution in [0.5, 0.6) is 0 Å². The average molecular weight is 257 g/mol. The van der Waals surface area contributed by atoms with Gasteiger partial charge in [-0.1, -0.05) is 23.7 Å². The van der Waals surface area contributed by atoms with Gasteiger partial charge in [-0.2, -0.15) is 5.26 Å². The largest absolute Gasteiger partial charge is 0.385 e. The minimum Gasteiger partial charge on any atom is -0.385 e. The number of nitrogens with one attached hydrogen (secondary N) is 1. The van der Waals surface area contributed by atoms with E-state index in [9.17, 15) is 0 Å². The molecule has 0 spiro atoms. The zero-order chi connectivity index (χ0) is 12.8. The lowest BCUT2D eigenvalue weighted by atomic mass is 10.1. The van der Waals surface area contributed by atoms with Crippen molar-refractivity contribution in [2.75, 3.05) is 11.9 Å². The topological polar surface area (TPSA) is 35.8 Å². The van der Waals surface area contributed by atoms with E-state index in [4.69, 9.17) is 16.9 Å². The Labute approximate surface area is 112 Å². The van der Waals surface area contributed by atoms with Crippen LogP contribution in [0.1, 0.15) is 11.1 Å². The van der Waals surface area contributed by atoms with Crippen LogP contribution in [0.25, 0.3) is 0 Å². The molecule has 0 amide bonds. The van der Waals surface area contributed by atoms with Gasteiger partial charge in [0.15, 0.2) is 0 Å². The van der Waals surface area contributed by atoms with Crippen LogP contribution in [0.3, 0.4) is 0 Å². The first-order valence-electron chi connectivity index (χ1n) is 5.76. The van der Waals surface area contributed by atoms with E-state index in [0.717, 1.165) is 23.7 Å². The Kier molecular flexibility index (Phi) is 4.22. The monoisotopic (exact) mass is 256 g/mol. The quantitative estimate of drug-likeness (QED) is 0.902. The Morgan fingerprint density at radius 1 is 1.00 bits per heavy atom. The summed E-state index contributed by atoms with van der Waals surface area (Å²) >= 11 is 5.83. The molecule has 0 aliphatic carbocycles. The number of nitrogens with zero attached hydrogens (tertiary/aromatic N) is 1. The summed E-state index contributed by atoms with van der Waals surface area (Å²) in [6.45, 7) is 0.855. The third kappa shape index (κ3) is 3.51. The number of anilines is 1. The SMILES string of the molecule is N#Cc1ccc(NCCc2ccc(Cl)cc2)cc1. The molecule has 0 saturated heterocycles. The van der Waals surface area contributed by atoms with Crippen molar-refractivity contribution in [2.24, 2.45) is 0 Å². The van der Waals surface area contributed by atoms with Gasteiger partial charge in [0.25, 0.3) is 0 Å². The van der Waals surface area contributed by atoms with Gasteiger partial charge in [-0.05, 0) is 48.4 Å². The van der Waals surface area contributed by atoms with Crippen molar-refractivity contribution in [3.05, 3.63) is 64.7 Å². The van der Waals surface area contributed by atoms with Gasteiger partial charge in [0.1, 0.15) is 0 Å². The molecule has 0 heterocycles. The lowest BCUT2D eigenvalue weighted by molar-refractivity contribution is 1.02. The van der Waals surface area contributed by atoms with Crippen molar-refractivity contribution in [3.8, 4) is 6.07 Å². The number of hydrogen-bond acceptors (Lipinski definition) is 2. The van der Waals surface area contributed by atoms with E-state index < -0.39 is 0 Å². The van der Waals surface area contributed by atoms with E-state index in [0.29, 0.717) is 5.56 Å². The highest BCUT2D eigenvalue weighted by Crippen LogP contribution is 2.11. The molecule has 0 saturated carbocycles. The van der Waals surface area contributed by atoms with E-state index in [1.165, 1.54) is 5.56 Å². The van der Waals surface area contributed by atoms with Gasteiger partial charge in [0.2, 0.25) is 0 Å². The predicted octanol–water partition coefficient (Wildman–Crippen LogP) is 3.87. The highest BCUT2D eigenvalue weighted by atomic mass is 35.5. The first-order chi connectivity index (χ1) is 8.78. The van der Waals surface area contributed by atoms with Crippen molar-refractivity contribution in [1.82, 2.24) is 0 Å². The normalized spacial score (nSPS) is 9.78. The molecule has 2 aromatic carbocycles. The van der Waals surface area contributed by atoms with E-state index >= 15 is 0 Å². The van der Waals surface area contributed by atoms with Gasteiger partial charge in [0, 0.05) is 17.3 Å². The third-order valence-corrected chi connectivity index (χ3v) is 2.92. The predicted molar refractivity (Wildman–Crippen MR) is 74.8 cm³/mol. The molecule has 90 valence electrons. The summed E-state index contributed by atoms with van der Waals surface area (Å²) in [5, 5.41) is 12.8. The van der Waals surface area contributed by atoms with Gasteiger partial charge >= 0.3 is 0 Å². The maximum Gasteiger partial charge on any atom is 0.0991 e. The summed E-state index contributed by atoms with van der Waals surface area (Å²) in [4.78, 5) is 0. The van der Waals surface area contributed by atoms with Gasteiger partial charge in [-0.25, -0.2) is 0 Å². The van der Waals surface area contributed by atoms with Crippen molar-refractivity contribution in [2.45, 2.75) is 6.42 Å². The Balaban J connectivity index is 1.84. The van der Waals surface area contributed by atoms with Crippen molar-refractivity contribution in [3.63, 3.8) is 0 Å². The van der Waals surface area contributed by atoms with E-state index in [2.05, 4.69) is 11.4 Å². The summed E-state index contributed by atoms with van der Waals surface area (Å²) in [7, 11) is 0. The third-order valence-electron chi connectivity index (χ3n) is 2.67. The van der Waals surface area contributed by atoms with Crippen molar-refractivity contribution < 1.29 is 0 Å². The second-order valence-electron chi connectivity index (χ2n) is 3.99. The molecule has 0 unspecified atom stereocenters. The van der Waals surface area contributed by atoms with Crippen LogP contribution in [-0.2, 0) is 6.42 Å². The smallest absolute Gasteiger partial charge is 0.0991 e. The van der Waals surface area contributed by atoms with E-state index in [1.54, 1.807) is 0 Å². The molecule has 0 bridgehead atoms. The molecular formula is C15H13ClN2. The second-order valence-corrected chi connectivity index (χ2v) is 4.43. The van der Waals surface area contributed by atoms with Crippen molar-refractivity contribution in [1.29, 1.82) is 5.26 Å². The fourth-order valence-electron chi connectivity index (χ4n) is 1.66. The Morgan fingerprint density at radius 3 is 2.28 bits per heavy atom. The first kappa shape index (κ1) is 12.5. The van der Waals surface area contributed by atoms with Crippen LogP contribution in [0.15, 0.2) is 48.5 Å². The Bertz CT molecular complexity index is 538. The van der Waals surface area contributed by atoms with E-state index in [-0.39, 0.29) is 0 Å². The van der Waals surface area contributed by atoms with Crippen LogP contribution in [0.4, 0.5) is 5.69 Å². The molecule has 0 aliphatic rings. The number of benzene rings is 2. The molecule has 0 radical (unpaired) electrons. The maximum atomic E-state index is 8.69. The fourth-order valence-corrected chi connectivity index (χ4v) is 1.79. The van der Waals surface area contributed by atoms with Gasteiger partial charge in [-0.15, -0.1) is 0 Å². The number of halogens is 1. The van der Waals surface area contributed by atoms with Gasteiger partial charge in [-0.3, -0.25) is 0 Å². The van der Waals surface area contributed by atoms with Gasteiger partial charge < -0.3 is 5.32 Å². The molecule has 0 aromatic heterocycles. The molecular weight excluding hydrogens is 244 g/mol. The zero-order valence-corrected chi connectivity index (χ0v) is 10.6. The molecule has 0 aliphatic heterocycles. The maximum absolute atomic E-state index is 8.69. The fraction of sp³-hybridized carbons (Fsp3) is 0.133. The highest BCUT2D eigenvalue weighted by Gasteiger charge is 1.95. The standard InChI is InChI=1S/C15H13ClN2/c16-14-5-1-12(2-6-14)9-10-18-15-7-3-13(11-17)4-8-15/h1-8,18H,9-10H2. The second kappa shape index (κ2) is 6.09. The van der Waals surface area contributed by atoms with Crippen LogP contribution in [0, 0.1) is 11.3 Å². The molecule has 0 atom stereocenters.